The molecule has 0 unspecified atom stereocenters. The third-order valence-electron chi connectivity index (χ3n) is 3.59. The Kier molecular flexibility index (Phi) is 4.75. The normalized spacial score (nSPS) is 11.3. The van der Waals surface area contributed by atoms with Gasteiger partial charge in [-0.3, -0.25) is 9.59 Å². The fourth-order valence-corrected chi connectivity index (χ4v) is 4.96. The van der Waals surface area contributed by atoms with Gasteiger partial charge in [-0.05, 0) is 25.1 Å². The summed E-state index contributed by atoms with van der Waals surface area (Å²) in [6.07, 6.45) is 0. The topological polar surface area (TPSA) is 87.7 Å². The molecule has 0 aliphatic carbocycles. The number of carbonyl (C=O) groups is 1. The maximum Gasteiger partial charge on any atom is 0.259 e. The van der Waals surface area contributed by atoms with E-state index < -0.39 is 0 Å². The maximum absolute atomic E-state index is 12.1. The van der Waals surface area contributed by atoms with Gasteiger partial charge in [-0.1, -0.05) is 23.5 Å². The molecule has 26 heavy (non-hydrogen) atoms. The van der Waals surface area contributed by atoms with Crippen molar-refractivity contribution in [1.82, 2.24) is 15.0 Å². The van der Waals surface area contributed by atoms with E-state index >= 15 is 0 Å². The number of aromatic amines is 1. The van der Waals surface area contributed by atoms with Crippen LogP contribution in [-0.4, -0.2) is 26.6 Å². The number of amides is 1. The van der Waals surface area contributed by atoms with Gasteiger partial charge < -0.3 is 10.3 Å². The van der Waals surface area contributed by atoms with Crippen molar-refractivity contribution in [1.29, 1.82) is 0 Å². The van der Waals surface area contributed by atoms with Gasteiger partial charge in [0.15, 0.2) is 5.13 Å². The number of aromatic nitrogens is 3. The molecule has 0 fully saturated rings. The number of nitrogens with zero attached hydrogens (tertiary/aromatic N) is 2. The molecule has 2 N–H and O–H groups in total. The Balaban J connectivity index is 1.36. The third-order valence-corrected chi connectivity index (χ3v) is 6.43. The van der Waals surface area contributed by atoms with Crippen molar-refractivity contribution < 1.29 is 4.79 Å². The zero-order valence-electron chi connectivity index (χ0n) is 13.7. The van der Waals surface area contributed by atoms with Crippen molar-refractivity contribution in [2.75, 3.05) is 11.1 Å². The van der Waals surface area contributed by atoms with Crippen LogP contribution in [0, 0.1) is 6.92 Å². The molecule has 6 nitrogen and oxygen atoms in total. The van der Waals surface area contributed by atoms with Crippen molar-refractivity contribution >= 4 is 65.9 Å². The number of nitrogens with one attached hydrogen (secondary N) is 2. The van der Waals surface area contributed by atoms with Crippen molar-refractivity contribution in [3.8, 4) is 0 Å². The van der Waals surface area contributed by atoms with Gasteiger partial charge in [0.2, 0.25) is 5.91 Å². The smallest absolute Gasteiger partial charge is 0.259 e. The predicted molar refractivity (Wildman–Crippen MR) is 109 cm³/mol. The second-order valence-corrected chi connectivity index (χ2v) is 8.87. The first-order valence-corrected chi connectivity index (χ1v) is 10.6. The van der Waals surface area contributed by atoms with E-state index in [-0.39, 0.29) is 17.2 Å². The summed E-state index contributed by atoms with van der Waals surface area (Å²) in [5, 5.41) is 4.04. The number of fused-ring (bicyclic) bond motifs is 2. The lowest BCUT2D eigenvalue weighted by Crippen LogP contribution is -2.15. The lowest BCUT2D eigenvalue weighted by molar-refractivity contribution is -0.113. The number of para-hydroxylation sites is 1. The van der Waals surface area contributed by atoms with Gasteiger partial charge in [0, 0.05) is 4.88 Å². The molecule has 0 radical (unpaired) electrons. The molecule has 0 aliphatic heterocycles. The van der Waals surface area contributed by atoms with Gasteiger partial charge in [-0.2, -0.15) is 0 Å². The highest BCUT2D eigenvalue weighted by Crippen LogP contribution is 2.25. The van der Waals surface area contributed by atoms with E-state index in [2.05, 4.69) is 20.3 Å². The highest BCUT2D eigenvalue weighted by Gasteiger charge is 2.10. The van der Waals surface area contributed by atoms with Crippen LogP contribution in [0.2, 0.25) is 0 Å². The van der Waals surface area contributed by atoms with Crippen LogP contribution in [0.5, 0.6) is 0 Å². The molecule has 0 bridgehead atoms. The molecule has 1 aromatic carbocycles. The lowest BCUT2D eigenvalue weighted by Gasteiger charge is -2.02. The largest absolute Gasteiger partial charge is 0.309 e. The number of thioether (sulfide) groups is 1. The molecule has 4 aromatic rings. The van der Waals surface area contributed by atoms with Gasteiger partial charge in [0.25, 0.3) is 5.56 Å². The van der Waals surface area contributed by atoms with Crippen molar-refractivity contribution in [2.24, 2.45) is 0 Å². The Bertz CT molecular complexity index is 1130. The fourth-order valence-electron chi connectivity index (χ4n) is 2.49. The number of benzene rings is 1. The molecule has 4 rings (SSSR count). The van der Waals surface area contributed by atoms with Gasteiger partial charge in [-0.15, -0.1) is 23.1 Å². The highest BCUT2D eigenvalue weighted by molar-refractivity contribution is 7.99. The molecule has 132 valence electrons. The van der Waals surface area contributed by atoms with E-state index in [1.807, 2.05) is 37.3 Å². The first-order valence-electron chi connectivity index (χ1n) is 7.81. The summed E-state index contributed by atoms with van der Waals surface area (Å²) in [4.78, 5) is 37.6. The Labute approximate surface area is 160 Å². The van der Waals surface area contributed by atoms with Crippen molar-refractivity contribution in [3.63, 3.8) is 0 Å². The molecule has 3 aromatic heterocycles. The van der Waals surface area contributed by atoms with E-state index in [9.17, 15) is 9.59 Å². The summed E-state index contributed by atoms with van der Waals surface area (Å²) in [6, 6.07) is 9.60. The highest BCUT2D eigenvalue weighted by atomic mass is 32.2. The minimum Gasteiger partial charge on any atom is -0.309 e. The molecule has 0 saturated carbocycles. The average Bonchev–Trinajstić information content (AvgIpc) is 3.17. The molecule has 9 heteroatoms. The molecule has 0 aliphatic rings. The van der Waals surface area contributed by atoms with Crippen LogP contribution in [-0.2, 0) is 10.5 Å². The molecule has 0 spiro atoms. The summed E-state index contributed by atoms with van der Waals surface area (Å²) in [7, 11) is 0. The first kappa shape index (κ1) is 17.2. The van der Waals surface area contributed by atoms with Crippen LogP contribution >= 0.6 is 34.4 Å². The quantitative estimate of drug-likeness (QED) is 0.530. The SMILES string of the molecule is Cc1cc2c(=O)[nH]c(CSCC(=O)Nc3nc4ccccc4s3)nc2s1. The summed E-state index contributed by atoms with van der Waals surface area (Å²) in [5.41, 5.74) is 0.746. The number of aryl methyl sites for hydroxylation is 1. The number of thiazole rings is 1. The van der Waals surface area contributed by atoms with E-state index in [0.717, 1.165) is 19.9 Å². The minimum atomic E-state index is -0.131. The van der Waals surface area contributed by atoms with E-state index in [1.165, 1.54) is 34.4 Å². The van der Waals surface area contributed by atoms with Gasteiger partial charge >= 0.3 is 0 Å². The summed E-state index contributed by atoms with van der Waals surface area (Å²) in [6.45, 7) is 1.95. The van der Waals surface area contributed by atoms with Crippen LogP contribution in [0.15, 0.2) is 35.1 Å². The molecule has 1 amide bonds. The molecule has 0 atom stereocenters. The summed E-state index contributed by atoms with van der Waals surface area (Å²) < 4.78 is 1.04. The Morgan fingerprint density at radius 3 is 2.96 bits per heavy atom. The number of hydrogen-bond donors (Lipinski definition) is 2. The van der Waals surface area contributed by atoms with Crippen LogP contribution < -0.4 is 10.9 Å². The molecule has 3 heterocycles. The molecule has 0 saturated heterocycles. The molecular weight excluding hydrogens is 388 g/mol. The van der Waals surface area contributed by atoms with Crippen LogP contribution in [0.3, 0.4) is 0 Å². The standard InChI is InChI=1S/C17H14N4O2S3/c1-9-6-10-15(23)19-13(20-16(10)25-9)7-24-8-14(22)21-17-18-11-4-2-3-5-12(11)26-17/h2-6H,7-8H2,1H3,(H,18,21,22)(H,19,20,23). The second-order valence-electron chi connectivity index (χ2n) is 5.62. The minimum absolute atomic E-state index is 0.121. The second kappa shape index (κ2) is 7.18. The van der Waals surface area contributed by atoms with E-state index in [4.69, 9.17) is 0 Å². The number of thiophene rings is 1. The first-order chi connectivity index (χ1) is 12.6. The summed E-state index contributed by atoms with van der Waals surface area (Å²) >= 11 is 4.35. The number of hydrogen-bond acceptors (Lipinski definition) is 7. The van der Waals surface area contributed by atoms with Crippen LogP contribution in [0.4, 0.5) is 5.13 Å². The van der Waals surface area contributed by atoms with Crippen LogP contribution in [0.25, 0.3) is 20.4 Å². The zero-order chi connectivity index (χ0) is 18.1. The summed E-state index contributed by atoms with van der Waals surface area (Å²) in [5.74, 6) is 1.20. The fraction of sp³-hybridized carbons (Fsp3) is 0.176. The van der Waals surface area contributed by atoms with Crippen LogP contribution in [0.1, 0.15) is 10.7 Å². The Morgan fingerprint density at radius 2 is 2.12 bits per heavy atom. The number of rotatable bonds is 5. The number of H-pyrrole nitrogens is 1. The van der Waals surface area contributed by atoms with E-state index in [1.54, 1.807) is 0 Å². The lowest BCUT2D eigenvalue weighted by atomic mass is 10.3. The predicted octanol–water partition coefficient (Wildman–Crippen LogP) is 3.77. The van der Waals surface area contributed by atoms with Gasteiger partial charge in [0.05, 0.1) is 27.1 Å². The van der Waals surface area contributed by atoms with Gasteiger partial charge in [-0.25, -0.2) is 9.97 Å². The number of carbonyl (C=O) groups excluding carboxylic acids is 1. The van der Waals surface area contributed by atoms with E-state index in [0.29, 0.717) is 22.1 Å². The average molecular weight is 403 g/mol. The zero-order valence-corrected chi connectivity index (χ0v) is 16.2. The van der Waals surface area contributed by atoms with Crippen molar-refractivity contribution in [2.45, 2.75) is 12.7 Å². The maximum atomic E-state index is 12.1. The Morgan fingerprint density at radius 1 is 1.27 bits per heavy atom. The number of anilines is 1. The molecular formula is C17H14N4O2S3. The van der Waals surface area contributed by atoms with Gasteiger partial charge in [0.1, 0.15) is 10.7 Å². The monoisotopic (exact) mass is 402 g/mol. The van der Waals surface area contributed by atoms with Crippen molar-refractivity contribution in [3.05, 3.63) is 51.4 Å². The Hall–Kier alpha value is -2.23. The third kappa shape index (κ3) is 3.64.